The van der Waals surface area contributed by atoms with E-state index in [1.54, 1.807) is 12.3 Å². The van der Waals surface area contributed by atoms with E-state index in [2.05, 4.69) is 31.5 Å². The lowest BCUT2D eigenvalue weighted by Crippen LogP contribution is -2.21. The monoisotopic (exact) mass is 266 g/mol. The molecule has 0 saturated carbocycles. The summed E-state index contributed by atoms with van der Waals surface area (Å²) in [7, 11) is 0. The van der Waals surface area contributed by atoms with Gasteiger partial charge in [-0.25, -0.2) is 0 Å². The van der Waals surface area contributed by atoms with E-state index < -0.39 is 0 Å². The van der Waals surface area contributed by atoms with E-state index >= 15 is 0 Å². The number of benzene rings is 1. The Hall–Kier alpha value is -2.68. The molecule has 1 saturated heterocycles. The molecule has 0 atom stereocenters. The Morgan fingerprint density at radius 1 is 1.20 bits per heavy atom. The lowest BCUT2D eigenvalue weighted by atomic mass is 10.2. The van der Waals surface area contributed by atoms with Gasteiger partial charge in [0.2, 0.25) is 5.95 Å². The van der Waals surface area contributed by atoms with Crippen molar-refractivity contribution in [3.05, 3.63) is 36.0 Å². The summed E-state index contributed by atoms with van der Waals surface area (Å²) in [6.45, 7) is 1.94. The summed E-state index contributed by atoms with van der Waals surface area (Å²) < 4.78 is 0. The summed E-state index contributed by atoms with van der Waals surface area (Å²) in [5.41, 5.74) is 1.30. The Bertz CT molecular complexity index is 642. The van der Waals surface area contributed by atoms with Crippen LogP contribution in [0.1, 0.15) is 18.4 Å². The van der Waals surface area contributed by atoms with Gasteiger partial charge >= 0.3 is 0 Å². The molecular weight excluding hydrogens is 252 g/mol. The smallest absolute Gasteiger partial charge is 0.247 e. The van der Waals surface area contributed by atoms with Gasteiger partial charge in [-0.2, -0.15) is 15.3 Å². The molecule has 2 heterocycles. The van der Waals surface area contributed by atoms with E-state index in [1.807, 2.05) is 18.2 Å². The molecule has 2 aromatic rings. The van der Waals surface area contributed by atoms with Gasteiger partial charge in [-0.05, 0) is 25.0 Å². The van der Waals surface area contributed by atoms with Gasteiger partial charge in [0.1, 0.15) is 6.07 Å². The molecule has 0 amide bonds. The predicted molar refractivity (Wildman–Crippen MR) is 75.7 cm³/mol. The van der Waals surface area contributed by atoms with E-state index in [4.69, 9.17) is 5.26 Å². The lowest BCUT2D eigenvalue weighted by molar-refractivity contribution is 0.852. The summed E-state index contributed by atoms with van der Waals surface area (Å²) in [6.07, 6.45) is 3.89. The average molecular weight is 266 g/mol. The molecule has 20 heavy (non-hydrogen) atoms. The zero-order valence-electron chi connectivity index (χ0n) is 11.0. The van der Waals surface area contributed by atoms with Crippen LogP contribution in [0, 0.1) is 11.3 Å². The minimum atomic E-state index is 0.578. The second-order valence-electron chi connectivity index (χ2n) is 4.62. The zero-order valence-corrected chi connectivity index (χ0v) is 11.0. The zero-order chi connectivity index (χ0) is 13.8. The third kappa shape index (κ3) is 2.52. The van der Waals surface area contributed by atoms with Crippen molar-refractivity contribution in [2.75, 3.05) is 23.3 Å². The van der Waals surface area contributed by atoms with Crippen LogP contribution in [-0.4, -0.2) is 28.3 Å². The standard InChI is InChI=1S/C14H14N6/c15-9-11-5-1-2-6-12(11)17-13-10-16-19-14(18-13)20-7-3-4-8-20/h1-2,5-6,10H,3-4,7-8H2,(H,17,18,19). The van der Waals surface area contributed by atoms with Crippen LogP contribution in [0.5, 0.6) is 0 Å². The highest BCUT2D eigenvalue weighted by Gasteiger charge is 2.15. The fourth-order valence-corrected chi connectivity index (χ4v) is 2.23. The Labute approximate surface area is 117 Å². The largest absolute Gasteiger partial charge is 0.339 e. The number of anilines is 3. The third-order valence-electron chi connectivity index (χ3n) is 3.25. The topological polar surface area (TPSA) is 77.7 Å². The SMILES string of the molecule is N#Cc1ccccc1Nc1cnnc(N2CCCC2)n1. The first-order chi connectivity index (χ1) is 9.86. The van der Waals surface area contributed by atoms with Gasteiger partial charge in [0.15, 0.2) is 5.82 Å². The normalized spacial score (nSPS) is 14.1. The van der Waals surface area contributed by atoms with E-state index in [0.717, 1.165) is 31.6 Å². The molecule has 0 radical (unpaired) electrons. The highest BCUT2D eigenvalue weighted by atomic mass is 15.3. The van der Waals surface area contributed by atoms with Crippen LogP contribution in [-0.2, 0) is 0 Å². The van der Waals surface area contributed by atoms with Crippen molar-refractivity contribution in [1.82, 2.24) is 15.2 Å². The number of hydrogen-bond donors (Lipinski definition) is 1. The van der Waals surface area contributed by atoms with Crippen LogP contribution in [0.4, 0.5) is 17.5 Å². The van der Waals surface area contributed by atoms with Gasteiger partial charge in [-0.3, -0.25) is 0 Å². The van der Waals surface area contributed by atoms with Crippen LogP contribution in [0.2, 0.25) is 0 Å². The second-order valence-corrected chi connectivity index (χ2v) is 4.62. The number of aromatic nitrogens is 3. The molecule has 1 aliphatic heterocycles. The molecule has 6 heteroatoms. The van der Waals surface area contributed by atoms with E-state index in [9.17, 15) is 0 Å². The predicted octanol–water partition coefficient (Wildman–Crippen LogP) is 2.09. The van der Waals surface area contributed by atoms with Crippen molar-refractivity contribution < 1.29 is 0 Å². The molecule has 0 spiro atoms. The molecule has 1 aromatic carbocycles. The highest BCUT2D eigenvalue weighted by Crippen LogP contribution is 2.20. The number of nitrogens with zero attached hydrogens (tertiary/aromatic N) is 5. The Morgan fingerprint density at radius 3 is 2.80 bits per heavy atom. The van der Waals surface area contributed by atoms with Gasteiger partial charge in [-0.15, -0.1) is 5.10 Å². The van der Waals surface area contributed by atoms with E-state index in [-0.39, 0.29) is 0 Å². The van der Waals surface area contributed by atoms with Crippen molar-refractivity contribution in [1.29, 1.82) is 5.26 Å². The molecule has 0 aliphatic carbocycles. The number of rotatable bonds is 3. The molecule has 0 bridgehead atoms. The quantitative estimate of drug-likeness (QED) is 0.916. The Balaban J connectivity index is 1.84. The molecule has 1 aliphatic rings. The van der Waals surface area contributed by atoms with Crippen LogP contribution in [0.25, 0.3) is 0 Å². The summed E-state index contributed by atoms with van der Waals surface area (Å²) >= 11 is 0. The second kappa shape index (κ2) is 5.53. The van der Waals surface area contributed by atoms with Crippen LogP contribution in [0.15, 0.2) is 30.5 Å². The molecule has 3 rings (SSSR count). The van der Waals surface area contributed by atoms with Crippen LogP contribution >= 0.6 is 0 Å². The fourth-order valence-electron chi connectivity index (χ4n) is 2.23. The van der Waals surface area contributed by atoms with Gasteiger partial charge in [0.05, 0.1) is 17.4 Å². The maximum Gasteiger partial charge on any atom is 0.247 e. The average Bonchev–Trinajstić information content (AvgIpc) is 3.02. The Kier molecular flexibility index (Phi) is 3.42. The van der Waals surface area contributed by atoms with Crippen molar-refractivity contribution >= 4 is 17.5 Å². The van der Waals surface area contributed by atoms with E-state index in [0.29, 0.717) is 17.3 Å². The maximum absolute atomic E-state index is 9.08. The van der Waals surface area contributed by atoms with Crippen LogP contribution in [0.3, 0.4) is 0 Å². The van der Waals surface area contributed by atoms with E-state index in [1.165, 1.54) is 0 Å². The fraction of sp³-hybridized carbons (Fsp3) is 0.286. The van der Waals surface area contributed by atoms with Gasteiger partial charge in [0, 0.05) is 13.1 Å². The first-order valence-corrected chi connectivity index (χ1v) is 6.57. The lowest BCUT2D eigenvalue weighted by Gasteiger charge is -2.15. The molecule has 1 N–H and O–H groups in total. The maximum atomic E-state index is 9.08. The van der Waals surface area contributed by atoms with Crippen molar-refractivity contribution in [2.45, 2.75) is 12.8 Å². The van der Waals surface area contributed by atoms with Gasteiger partial charge in [-0.1, -0.05) is 12.1 Å². The van der Waals surface area contributed by atoms with Crippen molar-refractivity contribution in [3.8, 4) is 6.07 Å². The molecule has 1 aromatic heterocycles. The summed E-state index contributed by atoms with van der Waals surface area (Å²) in [5, 5.41) is 20.2. The molecular formula is C14H14N6. The number of nitrogens with one attached hydrogen (secondary N) is 1. The third-order valence-corrected chi connectivity index (χ3v) is 3.25. The molecule has 6 nitrogen and oxygen atoms in total. The Morgan fingerprint density at radius 2 is 2.00 bits per heavy atom. The van der Waals surface area contributed by atoms with Crippen LogP contribution < -0.4 is 10.2 Å². The van der Waals surface area contributed by atoms with Gasteiger partial charge < -0.3 is 10.2 Å². The first kappa shape index (κ1) is 12.4. The number of para-hydroxylation sites is 1. The summed E-state index contributed by atoms with van der Waals surface area (Å²) in [4.78, 5) is 6.58. The first-order valence-electron chi connectivity index (χ1n) is 6.57. The molecule has 0 unspecified atom stereocenters. The molecule has 1 fully saturated rings. The number of hydrogen-bond acceptors (Lipinski definition) is 6. The highest BCUT2D eigenvalue weighted by molar-refractivity contribution is 5.64. The molecule has 100 valence electrons. The minimum absolute atomic E-state index is 0.578. The summed E-state index contributed by atoms with van der Waals surface area (Å²) in [6, 6.07) is 9.46. The van der Waals surface area contributed by atoms with Crippen molar-refractivity contribution in [2.24, 2.45) is 0 Å². The van der Waals surface area contributed by atoms with Gasteiger partial charge in [0.25, 0.3) is 0 Å². The number of nitriles is 1. The minimum Gasteiger partial charge on any atom is -0.339 e. The summed E-state index contributed by atoms with van der Waals surface area (Å²) in [5.74, 6) is 1.24. The van der Waals surface area contributed by atoms with Crippen molar-refractivity contribution in [3.63, 3.8) is 0 Å².